The Hall–Kier alpha value is -3.42. The minimum absolute atomic E-state index is 0.0141. The van der Waals surface area contributed by atoms with Gasteiger partial charge in [0.15, 0.2) is 11.5 Å². The average Bonchev–Trinajstić information content (AvgIpc) is 3.14. The van der Waals surface area contributed by atoms with Gasteiger partial charge >= 0.3 is 6.03 Å². The van der Waals surface area contributed by atoms with Crippen molar-refractivity contribution in [2.45, 2.75) is 25.8 Å². The second-order valence-corrected chi connectivity index (χ2v) is 7.17. The highest BCUT2D eigenvalue weighted by molar-refractivity contribution is 5.96. The number of nitrogens with one attached hydrogen (secondary N) is 2. The van der Waals surface area contributed by atoms with E-state index in [2.05, 4.69) is 10.6 Å². The first-order chi connectivity index (χ1) is 15.0. The van der Waals surface area contributed by atoms with Gasteiger partial charge in [0.05, 0.1) is 26.9 Å². The molecule has 2 aromatic carbocycles. The minimum atomic E-state index is -0.285. The van der Waals surface area contributed by atoms with Gasteiger partial charge in [-0.15, -0.1) is 0 Å². The van der Waals surface area contributed by atoms with Crippen molar-refractivity contribution in [3.63, 3.8) is 0 Å². The van der Waals surface area contributed by atoms with Crippen LogP contribution >= 0.6 is 0 Å². The van der Waals surface area contributed by atoms with Crippen molar-refractivity contribution in [2.24, 2.45) is 0 Å². The van der Waals surface area contributed by atoms with Crippen LogP contribution < -0.4 is 29.7 Å². The van der Waals surface area contributed by atoms with Gasteiger partial charge in [-0.2, -0.15) is 0 Å². The standard InChI is InChI=1S/C23H29N3O5/c1-4-31-19-8-6-18(7-9-19)26-15-17(14-22(26)27)25-23(28)24-12-11-16-5-10-20(29-2)21(13-16)30-3/h5-10,13,17H,4,11-12,14-15H2,1-3H3,(H2,24,25,28)/t17-/m0/s1. The first kappa shape index (κ1) is 22.3. The molecule has 31 heavy (non-hydrogen) atoms. The van der Waals surface area contributed by atoms with Crippen LogP contribution in [0.3, 0.4) is 0 Å². The van der Waals surface area contributed by atoms with Crippen molar-refractivity contribution in [2.75, 3.05) is 38.8 Å². The van der Waals surface area contributed by atoms with Crippen LogP contribution in [0.25, 0.3) is 0 Å². The normalized spacial score (nSPS) is 15.5. The molecule has 8 nitrogen and oxygen atoms in total. The van der Waals surface area contributed by atoms with Crippen LogP contribution in [0.5, 0.6) is 17.2 Å². The van der Waals surface area contributed by atoms with Crippen molar-refractivity contribution in [3.8, 4) is 17.2 Å². The molecule has 1 fully saturated rings. The van der Waals surface area contributed by atoms with Crippen LogP contribution in [0, 0.1) is 0 Å². The molecule has 166 valence electrons. The molecule has 2 N–H and O–H groups in total. The third-order valence-electron chi connectivity index (χ3n) is 5.07. The third kappa shape index (κ3) is 5.81. The number of carbonyl (C=O) groups excluding carboxylic acids is 2. The van der Waals surface area contributed by atoms with Crippen molar-refractivity contribution in [1.29, 1.82) is 0 Å². The summed E-state index contributed by atoms with van der Waals surface area (Å²) in [6.07, 6.45) is 0.923. The molecular formula is C23H29N3O5. The van der Waals surface area contributed by atoms with Gasteiger partial charge in [0.2, 0.25) is 5.91 Å². The fourth-order valence-electron chi connectivity index (χ4n) is 3.54. The monoisotopic (exact) mass is 427 g/mol. The molecule has 1 aliphatic rings. The van der Waals surface area contributed by atoms with E-state index in [4.69, 9.17) is 14.2 Å². The Morgan fingerprint density at radius 3 is 2.52 bits per heavy atom. The van der Waals surface area contributed by atoms with Crippen LogP contribution in [0.2, 0.25) is 0 Å². The van der Waals surface area contributed by atoms with E-state index in [9.17, 15) is 9.59 Å². The van der Waals surface area contributed by atoms with Gasteiger partial charge in [-0.05, 0) is 55.3 Å². The van der Waals surface area contributed by atoms with Crippen LogP contribution in [-0.4, -0.2) is 51.9 Å². The second-order valence-electron chi connectivity index (χ2n) is 7.17. The molecule has 0 aromatic heterocycles. The first-order valence-electron chi connectivity index (χ1n) is 10.3. The Labute approximate surface area is 182 Å². The van der Waals surface area contributed by atoms with E-state index < -0.39 is 0 Å². The average molecular weight is 428 g/mol. The lowest BCUT2D eigenvalue weighted by Gasteiger charge is -2.18. The summed E-state index contributed by atoms with van der Waals surface area (Å²) in [4.78, 5) is 26.3. The summed E-state index contributed by atoms with van der Waals surface area (Å²) in [5, 5.41) is 5.73. The largest absolute Gasteiger partial charge is 0.494 e. The molecule has 3 rings (SSSR count). The third-order valence-corrected chi connectivity index (χ3v) is 5.07. The lowest BCUT2D eigenvalue weighted by atomic mass is 10.1. The van der Waals surface area contributed by atoms with Gasteiger partial charge in [-0.25, -0.2) is 4.79 Å². The maximum Gasteiger partial charge on any atom is 0.315 e. The Morgan fingerprint density at radius 2 is 1.84 bits per heavy atom. The maximum absolute atomic E-state index is 12.4. The lowest BCUT2D eigenvalue weighted by molar-refractivity contribution is -0.117. The summed E-state index contributed by atoms with van der Waals surface area (Å²) in [6.45, 7) is 3.42. The second kappa shape index (κ2) is 10.6. The van der Waals surface area contributed by atoms with Crippen LogP contribution in [-0.2, 0) is 11.2 Å². The molecule has 0 bridgehead atoms. The van der Waals surface area contributed by atoms with E-state index in [-0.39, 0.29) is 24.4 Å². The Balaban J connectivity index is 1.46. The van der Waals surface area contributed by atoms with E-state index in [1.807, 2.05) is 49.4 Å². The highest BCUT2D eigenvalue weighted by Gasteiger charge is 2.31. The topological polar surface area (TPSA) is 89.1 Å². The number of nitrogens with zero attached hydrogens (tertiary/aromatic N) is 1. The molecule has 3 amide bonds. The SMILES string of the molecule is CCOc1ccc(N2C[C@@H](NC(=O)NCCc3ccc(OC)c(OC)c3)CC2=O)cc1. The number of hydrogen-bond donors (Lipinski definition) is 2. The molecule has 0 radical (unpaired) electrons. The quantitative estimate of drug-likeness (QED) is 0.642. The fraction of sp³-hybridized carbons (Fsp3) is 0.391. The van der Waals surface area contributed by atoms with Gasteiger partial charge in [-0.3, -0.25) is 4.79 Å². The van der Waals surface area contributed by atoms with Crippen LogP contribution in [0.15, 0.2) is 42.5 Å². The van der Waals surface area contributed by atoms with Crippen LogP contribution in [0.1, 0.15) is 18.9 Å². The van der Waals surface area contributed by atoms with Crippen molar-refractivity contribution in [3.05, 3.63) is 48.0 Å². The van der Waals surface area contributed by atoms with Crippen molar-refractivity contribution < 1.29 is 23.8 Å². The molecule has 0 spiro atoms. The Bertz CT molecular complexity index is 901. The number of methoxy groups -OCH3 is 2. The lowest BCUT2D eigenvalue weighted by Crippen LogP contribution is -2.43. The fourth-order valence-corrected chi connectivity index (χ4v) is 3.54. The molecule has 2 aromatic rings. The molecule has 0 aliphatic carbocycles. The minimum Gasteiger partial charge on any atom is -0.494 e. The Kier molecular flexibility index (Phi) is 7.59. The predicted molar refractivity (Wildman–Crippen MR) is 118 cm³/mol. The maximum atomic E-state index is 12.4. The molecule has 1 saturated heterocycles. The number of amides is 3. The molecule has 1 aliphatic heterocycles. The van der Waals surface area contributed by atoms with Gasteiger partial charge in [0.1, 0.15) is 5.75 Å². The number of carbonyl (C=O) groups is 2. The van der Waals surface area contributed by atoms with Gasteiger partial charge < -0.3 is 29.7 Å². The summed E-state index contributed by atoms with van der Waals surface area (Å²) in [6, 6.07) is 12.5. The van der Waals surface area contributed by atoms with E-state index in [0.717, 1.165) is 17.0 Å². The number of urea groups is 1. The number of benzene rings is 2. The summed E-state index contributed by atoms with van der Waals surface area (Å²) < 4.78 is 16.0. The molecule has 1 atom stereocenters. The molecule has 0 saturated carbocycles. The van der Waals surface area contributed by atoms with Gasteiger partial charge in [-0.1, -0.05) is 6.07 Å². The zero-order valence-corrected chi connectivity index (χ0v) is 18.1. The van der Waals surface area contributed by atoms with Gasteiger partial charge in [0.25, 0.3) is 0 Å². The highest BCUT2D eigenvalue weighted by Crippen LogP contribution is 2.27. The summed E-state index contributed by atoms with van der Waals surface area (Å²) >= 11 is 0. The van der Waals surface area contributed by atoms with Gasteiger partial charge in [0, 0.05) is 25.2 Å². The van der Waals surface area contributed by atoms with Crippen molar-refractivity contribution in [1.82, 2.24) is 10.6 Å². The predicted octanol–water partition coefficient (Wildman–Crippen LogP) is 2.75. The molecule has 1 heterocycles. The van der Waals surface area contributed by atoms with E-state index in [1.54, 1.807) is 19.1 Å². The summed E-state index contributed by atoms with van der Waals surface area (Å²) in [5.41, 5.74) is 1.82. The number of hydrogen-bond acceptors (Lipinski definition) is 5. The number of ether oxygens (including phenoxy) is 3. The zero-order chi connectivity index (χ0) is 22.2. The first-order valence-corrected chi connectivity index (χ1v) is 10.3. The number of rotatable bonds is 9. The van der Waals surface area contributed by atoms with Crippen LogP contribution in [0.4, 0.5) is 10.5 Å². The smallest absolute Gasteiger partial charge is 0.315 e. The molecule has 8 heteroatoms. The summed E-state index contributed by atoms with van der Waals surface area (Å²) in [7, 11) is 3.18. The van der Waals surface area contributed by atoms with Crippen molar-refractivity contribution >= 4 is 17.6 Å². The van der Waals surface area contributed by atoms with E-state index >= 15 is 0 Å². The summed E-state index contributed by atoms with van der Waals surface area (Å²) in [5.74, 6) is 2.07. The van der Waals surface area contributed by atoms with E-state index in [1.165, 1.54) is 0 Å². The molecular weight excluding hydrogens is 398 g/mol. The zero-order valence-electron chi connectivity index (χ0n) is 18.1. The highest BCUT2D eigenvalue weighted by atomic mass is 16.5. The van der Waals surface area contributed by atoms with E-state index in [0.29, 0.717) is 37.6 Å². The Morgan fingerprint density at radius 1 is 1.10 bits per heavy atom. The molecule has 0 unspecified atom stereocenters. The number of anilines is 1.